The number of halogens is 3. The minimum atomic E-state index is -4.38. The SMILES string of the molecule is CN(CC1CCCOC1)c1ccc(CN)c(C(F)(F)F)c1. The van der Waals surface area contributed by atoms with E-state index in [9.17, 15) is 13.2 Å². The monoisotopic (exact) mass is 302 g/mol. The number of rotatable bonds is 4. The summed E-state index contributed by atoms with van der Waals surface area (Å²) < 4.78 is 44.5. The Hall–Kier alpha value is -1.27. The van der Waals surface area contributed by atoms with Gasteiger partial charge in [0.2, 0.25) is 0 Å². The van der Waals surface area contributed by atoms with E-state index >= 15 is 0 Å². The summed E-state index contributed by atoms with van der Waals surface area (Å²) in [5.74, 6) is 0.368. The number of alkyl halides is 3. The lowest BCUT2D eigenvalue weighted by Gasteiger charge is -2.29. The Morgan fingerprint density at radius 2 is 2.14 bits per heavy atom. The second-order valence-electron chi connectivity index (χ2n) is 5.51. The van der Waals surface area contributed by atoms with Gasteiger partial charge in [0, 0.05) is 32.4 Å². The van der Waals surface area contributed by atoms with Gasteiger partial charge in [-0.2, -0.15) is 13.2 Å². The molecule has 2 rings (SSSR count). The molecule has 21 heavy (non-hydrogen) atoms. The largest absolute Gasteiger partial charge is 0.416 e. The lowest BCUT2D eigenvalue weighted by molar-refractivity contribution is -0.138. The van der Waals surface area contributed by atoms with Crippen LogP contribution in [0.2, 0.25) is 0 Å². The van der Waals surface area contributed by atoms with E-state index in [1.807, 2.05) is 11.9 Å². The fourth-order valence-corrected chi connectivity index (χ4v) is 2.69. The van der Waals surface area contributed by atoms with Crippen molar-refractivity contribution in [3.8, 4) is 0 Å². The summed E-state index contributed by atoms with van der Waals surface area (Å²) in [5.41, 5.74) is 5.43. The first-order valence-electron chi connectivity index (χ1n) is 7.11. The van der Waals surface area contributed by atoms with Gasteiger partial charge in [-0.05, 0) is 36.5 Å². The zero-order valence-electron chi connectivity index (χ0n) is 12.1. The molecule has 1 aliphatic heterocycles. The highest BCUT2D eigenvalue weighted by molar-refractivity contribution is 5.51. The highest BCUT2D eigenvalue weighted by Crippen LogP contribution is 2.34. The van der Waals surface area contributed by atoms with Gasteiger partial charge in [-0.3, -0.25) is 0 Å². The molecule has 1 heterocycles. The Morgan fingerprint density at radius 3 is 2.71 bits per heavy atom. The van der Waals surface area contributed by atoms with Gasteiger partial charge < -0.3 is 15.4 Å². The summed E-state index contributed by atoms with van der Waals surface area (Å²) in [6, 6.07) is 4.35. The number of ether oxygens (including phenoxy) is 1. The van der Waals surface area contributed by atoms with Crippen LogP contribution in [0.5, 0.6) is 0 Å². The molecule has 0 radical (unpaired) electrons. The van der Waals surface area contributed by atoms with Crippen LogP contribution in [0.4, 0.5) is 18.9 Å². The van der Waals surface area contributed by atoms with Crippen molar-refractivity contribution >= 4 is 5.69 Å². The first kappa shape index (κ1) is 16.1. The maximum absolute atomic E-state index is 13.0. The topological polar surface area (TPSA) is 38.5 Å². The summed E-state index contributed by atoms with van der Waals surface area (Å²) in [7, 11) is 1.81. The minimum absolute atomic E-state index is 0.116. The summed E-state index contributed by atoms with van der Waals surface area (Å²) in [5, 5.41) is 0. The molecule has 6 heteroatoms. The normalized spacial score (nSPS) is 19.6. The fraction of sp³-hybridized carbons (Fsp3) is 0.600. The van der Waals surface area contributed by atoms with Crippen molar-refractivity contribution in [2.45, 2.75) is 25.6 Å². The molecule has 1 aromatic rings. The van der Waals surface area contributed by atoms with Crippen molar-refractivity contribution in [1.82, 2.24) is 0 Å². The molecule has 0 saturated carbocycles. The predicted molar refractivity (Wildman–Crippen MR) is 76.1 cm³/mol. The van der Waals surface area contributed by atoms with Crippen LogP contribution in [-0.2, 0) is 17.5 Å². The van der Waals surface area contributed by atoms with E-state index in [0.29, 0.717) is 24.8 Å². The van der Waals surface area contributed by atoms with Crippen LogP contribution in [-0.4, -0.2) is 26.8 Å². The van der Waals surface area contributed by atoms with E-state index in [4.69, 9.17) is 10.5 Å². The van der Waals surface area contributed by atoms with Gasteiger partial charge in [0.15, 0.2) is 0 Å². The van der Waals surface area contributed by atoms with Crippen molar-refractivity contribution in [2.75, 3.05) is 31.7 Å². The van der Waals surface area contributed by atoms with E-state index in [1.165, 1.54) is 12.1 Å². The standard InChI is InChI=1S/C15H21F3N2O/c1-20(9-11-3-2-6-21-10-11)13-5-4-12(8-19)14(7-13)15(16,17)18/h4-5,7,11H,2-3,6,8-10,19H2,1H3. The van der Waals surface area contributed by atoms with Crippen LogP contribution in [0.1, 0.15) is 24.0 Å². The van der Waals surface area contributed by atoms with Gasteiger partial charge in [-0.1, -0.05) is 6.07 Å². The van der Waals surface area contributed by atoms with Crippen LogP contribution < -0.4 is 10.6 Å². The third-order valence-electron chi connectivity index (χ3n) is 3.85. The molecule has 1 atom stereocenters. The number of anilines is 1. The van der Waals surface area contributed by atoms with Crippen molar-refractivity contribution in [3.05, 3.63) is 29.3 Å². The van der Waals surface area contributed by atoms with Gasteiger partial charge in [0.05, 0.1) is 12.2 Å². The molecule has 118 valence electrons. The zero-order chi connectivity index (χ0) is 15.5. The van der Waals surface area contributed by atoms with Gasteiger partial charge >= 0.3 is 6.18 Å². The maximum atomic E-state index is 13.0. The molecule has 1 aliphatic rings. The Morgan fingerprint density at radius 1 is 1.38 bits per heavy atom. The Bertz CT molecular complexity index is 470. The lowest BCUT2D eigenvalue weighted by Crippen LogP contribution is -2.31. The van der Waals surface area contributed by atoms with Crippen LogP contribution in [0.15, 0.2) is 18.2 Å². The van der Waals surface area contributed by atoms with Gasteiger partial charge in [-0.15, -0.1) is 0 Å². The summed E-state index contributed by atoms with van der Waals surface area (Å²) >= 11 is 0. The smallest absolute Gasteiger partial charge is 0.381 e. The van der Waals surface area contributed by atoms with Crippen molar-refractivity contribution < 1.29 is 17.9 Å². The van der Waals surface area contributed by atoms with Crippen LogP contribution in [0.25, 0.3) is 0 Å². The highest BCUT2D eigenvalue weighted by Gasteiger charge is 2.33. The van der Waals surface area contributed by atoms with Gasteiger partial charge in [-0.25, -0.2) is 0 Å². The Balaban J connectivity index is 2.15. The molecule has 2 N–H and O–H groups in total. The number of hydrogen-bond donors (Lipinski definition) is 1. The Labute approximate surface area is 122 Å². The van der Waals surface area contributed by atoms with Gasteiger partial charge in [0.25, 0.3) is 0 Å². The van der Waals surface area contributed by atoms with Gasteiger partial charge in [0.1, 0.15) is 0 Å². The van der Waals surface area contributed by atoms with E-state index in [1.54, 1.807) is 6.07 Å². The quantitative estimate of drug-likeness (QED) is 0.929. The lowest BCUT2D eigenvalue weighted by atomic mass is 10.0. The van der Waals surface area contributed by atoms with E-state index in [0.717, 1.165) is 19.4 Å². The highest BCUT2D eigenvalue weighted by atomic mass is 19.4. The molecule has 0 aliphatic carbocycles. The summed E-state index contributed by atoms with van der Waals surface area (Å²) in [6.45, 7) is 2.04. The Kier molecular flexibility index (Phi) is 5.11. The first-order valence-corrected chi connectivity index (χ1v) is 7.11. The molecule has 1 unspecified atom stereocenters. The molecule has 0 spiro atoms. The van der Waals surface area contributed by atoms with Crippen LogP contribution >= 0.6 is 0 Å². The molecule has 1 aromatic carbocycles. The second-order valence-corrected chi connectivity index (χ2v) is 5.51. The van der Waals surface area contributed by atoms with E-state index in [2.05, 4.69) is 0 Å². The van der Waals surface area contributed by atoms with E-state index < -0.39 is 11.7 Å². The molecule has 3 nitrogen and oxygen atoms in total. The predicted octanol–water partition coefficient (Wildman–Crippen LogP) is 3.03. The third kappa shape index (κ3) is 4.11. The number of nitrogens with two attached hydrogens (primary N) is 1. The van der Waals surface area contributed by atoms with Crippen LogP contribution in [0, 0.1) is 5.92 Å². The zero-order valence-corrected chi connectivity index (χ0v) is 12.1. The maximum Gasteiger partial charge on any atom is 0.416 e. The van der Waals surface area contributed by atoms with Crippen molar-refractivity contribution in [1.29, 1.82) is 0 Å². The van der Waals surface area contributed by atoms with Crippen LogP contribution in [0.3, 0.4) is 0 Å². The molecule has 0 bridgehead atoms. The first-order chi connectivity index (χ1) is 9.91. The van der Waals surface area contributed by atoms with E-state index in [-0.39, 0.29) is 12.1 Å². The third-order valence-corrected chi connectivity index (χ3v) is 3.85. The van der Waals surface area contributed by atoms with Crippen molar-refractivity contribution in [2.24, 2.45) is 11.7 Å². The minimum Gasteiger partial charge on any atom is -0.381 e. The van der Waals surface area contributed by atoms with Crippen molar-refractivity contribution in [3.63, 3.8) is 0 Å². The summed E-state index contributed by atoms with van der Waals surface area (Å²) in [4.78, 5) is 1.86. The molecule has 0 amide bonds. The second kappa shape index (κ2) is 6.66. The number of hydrogen-bond acceptors (Lipinski definition) is 3. The molecule has 1 fully saturated rings. The molecule has 0 aromatic heterocycles. The number of benzene rings is 1. The average molecular weight is 302 g/mol. The average Bonchev–Trinajstić information content (AvgIpc) is 2.46. The number of nitrogens with zero attached hydrogens (tertiary/aromatic N) is 1. The summed E-state index contributed by atoms with van der Waals surface area (Å²) in [6.07, 6.45) is -2.31. The molecular formula is C15H21F3N2O. The fourth-order valence-electron chi connectivity index (χ4n) is 2.69. The molecular weight excluding hydrogens is 281 g/mol. The molecule has 1 saturated heterocycles.